The Bertz CT molecular complexity index is 691. The van der Waals surface area contributed by atoms with Gasteiger partial charge in [-0.05, 0) is 31.0 Å². The first-order chi connectivity index (χ1) is 12.0. The Hall–Kier alpha value is -2.77. The summed E-state index contributed by atoms with van der Waals surface area (Å²) in [7, 11) is 0. The number of rotatable bonds is 5. The fourth-order valence-electron chi connectivity index (χ4n) is 3.03. The highest BCUT2D eigenvalue weighted by Crippen LogP contribution is 2.26. The van der Waals surface area contributed by atoms with E-state index in [-0.39, 0.29) is 18.0 Å². The molecule has 134 valence electrons. The highest BCUT2D eigenvalue weighted by molar-refractivity contribution is 5.97. The van der Waals surface area contributed by atoms with Crippen molar-refractivity contribution >= 4 is 29.3 Å². The van der Waals surface area contributed by atoms with Crippen LogP contribution in [0, 0.1) is 6.92 Å². The van der Waals surface area contributed by atoms with Crippen molar-refractivity contribution in [3.05, 3.63) is 23.8 Å². The zero-order valence-corrected chi connectivity index (χ0v) is 14.3. The SMILES string of the molecule is Cc1ccc(N2CCCC2=O)cc1NC(=O)NCCN1CCNC1=O. The quantitative estimate of drug-likeness (QED) is 0.750. The molecule has 8 nitrogen and oxygen atoms in total. The van der Waals surface area contributed by atoms with Crippen molar-refractivity contribution in [3.8, 4) is 0 Å². The molecule has 2 fully saturated rings. The maximum absolute atomic E-state index is 12.1. The zero-order valence-electron chi connectivity index (χ0n) is 14.3. The van der Waals surface area contributed by atoms with Crippen molar-refractivity contribution < 1.29 is 14.4 Å². The number of anilines is 2. The summed E-state index contributed by atoms with van der Waals surface area (Å²) in [4.78, 5) is 38.8. The number of benzene rings is 1. The van der Waals surface area contributed by atoms with Gasteiger partial charge in [-0.3, -0.25) is 4.79 Å². The number of carbonyl (C=O) groups is 3. The lowest BCUT2D eigenvalue weighted by atomic mass is 10.1. The van der Waals surface area contributed by atoms with E-state index >= 15 is 0 Å². The number of nitrogens with one attached hydrogen (secondary N) is 3. The number of nitrogens with zero attached hydrogens (tertiary/aromatic N) is 2. The fraction of sp³-hybridized carbons (Fsp3) is 0.471. The topological polar surface area (TPSA) is 93.8 Å². The number of carbonyl (C=O) groups excluding carboxylic acids is 3. The summed E-state index contributed by atoms with van der Waals surface area (Å²) in [6.07, 6.45) is 1.43. The largest absolute Gasteiger partial charge is 0.336 e. The summed E-state index contributed by atoms with van der Waals surface area (Å²) in [5, 5.41) is 8.29. The molecular weight excluding hydrogens is 322 g/mol. The molecule has 0 saturated carbocycles. The van der Waals surface area contributed by atoms with Crippen LogP contribution in [0.4, 0.5) is 21.0 Å². The fourth-order valence-corrected chi connectivity index (χ4v) is 3.03. The number of urea groups is 2. The van der Waals surface area contributed by atoms with Crippen LogP contribution in [0.2, 0.25) is 0 Å². The number of hydrogen-bond donors (Lipinski definition) is 3. The minimum atomic E-state index is -0.326. The summed E-state index contributed by atoms with van der Waals surface area (Å²) >= 11 is 0. The smallest absolute Gasteiger partial charge is 0.319 e. The number of aryl methyl sites for hydroxylation is 1. The first kappa shape index (κ1) is 17.1. The Morgan fingerprint density at radius 2 is 2.12 bits per heavy atom. The first-order valence-corrected chi connectivity index (χ1v) is 8.53. The third-order valence-corrected chi connectivity index (χ3v) is 4.47. The minimum absolute atomic E-state index is 0.0963. The van der Waals surface area contributed by atoms with Crippen molar-refractivity contribution in [2.45, 2.75) is 19.8 Å². The highest BCUT2D eigenvalue weighted by atomic mass is 16.2. The molecule has 0 aliphatic carbocycles. The Labute approximate surface area is 146 Å². The molecule has 5 amide bonds. The molecule has 2 saturated heterocycles. The van der Waals surface area contributed by atoms with Crippen LogP contribution in [0.3, 0.4) is 0 Å². The lowest BCUT2D eigenvalue weighted by Crippen LogP contribution is -2.38. The molecule has 3 rings (SSSR count). The normalized spacial score (nSPS) is 17.0. The molecule has 0 radical (unpaired) electrons. The molecule has 0 aromatic heterocycles. The van der Waals surface area contributed by atoms with E-state index < -0.39 is 0 Å². The van der Waals surface area contributed by atoms with Crippen molar-refractivity contribution in [2.75, 3.05) is 42.9 Å². The summed E-state index contributed by atoms with van der Waals surface area (Å²) in [5.74, 6) is 0.114. The van der Waals surface area contributed by atoms with Crippen LogP contribution in [0.15, 0.2) is 18.2 Å². The van der Waals surface area contributed by atoms with E-state index in [4.69, 9.17) is 0 Å². The molecule has 0 atom stereocenters. The van der Waals surface area contributed by atoms with E-state index in [1.165, 1.54) is 0 Å². The second-order valence-electron chi connectivity index (χ2n) is 6.25. The molecule has 0 bridgehead atoms. The molecule has 2 aliphatic rings. The third-order valence-electron chi connectivity index (χ3n) is 4.47. The maximum atomic E-state index is 12.1. The molecule has 0 spiro atoms. The molecular formula is C17H23N5O3. The summed E-state index contributed by atoms with van der Waals surface area (Å²) < 4.78 is 0. The molecule has 1 aromatic rings. The predicted octanol–water partition coefficient (Wildman–Crippen LogP) is 1.27. The van der Waals surface area contributed by atoms with Crippen LogP contribution in [0.25, 0.3) is 0 Å². The van der Waals surface area contributed by atoms with Gasteiger partial charge in [-0.1, -0.05) is 6.07 Å². The van der Waals surface area contributed by atoms with E-state index in [0.717, 1.165) is 17.7 Å². The molecule has 0 unspecified atom stereocenters. The van der Waals surface area contributed by atoms with Crippen LogP contribution in [-0.2, 0) is 4.79 Å². The lowest BCUT2D eigenvalue weighted by molar-refractivity contribution is -0.117. The van der Waals surface area contributed by atoms with Crippen molar-refractivity contribution in [2.24, 2.45) is 0 Å². The minimum Gasteiger partial charge on any atom is -0.336 e. The van der Waals surface area contributed by atoms with E-state index in [9.17, 15) is 14.4 Å². The zero-order chi connectivity index (χ0) is 17.8. The second kappa shape index (κ2) is 7.42. The van der Waals surface area contributed by atoms with E-state index in [2.05, 4.69) is 16.0 Å². The molecule has 2 heterocycles. The number of hydrogen-bond acceptors (Lipinski definition) is 3. The van der Waals surface area contributed by atoms with E-state index in [1.54, 1.807) is 9.80 Å². The van der Waals surface area contributed by atoms with E-state index in [0.29, 0.717) is 44.8 Å². The van der Waals surface area contributed by atoms with Crippen LogP contribution >= 0.6 is 0 Å². The Kier molecular flexibility index (Phi) is 5.06. The summed E-state index contributed by atoms with van der Waals surface area (Å²) in [6.45, 7) is 4.77. The van der Waals surface area contributed by atoms with Gasteiger partial charge in [0.15, 0.2) is 0 Å². The van der Waals surface area contributed by atoms with Gasteiger partial charge in [0.2, 0.25) is 5.91 Å². The van der Waals surface area contributed by atoms with E-state index in [1.807, 2.05) is 25.1 Å². The van der Waals surface area contributed by atoms with Crippen LogP contribution in [0.5, 0.6) is 0 Å². The highest BCUT2D eigenvalue weighted by Gasteiger charge is 2.22. The Balaban J connectivity index is 1.55. The van der Waals surface area contributed by atoms with Gasteiger partial charge in [0.05, 0.1) is 0 Å². The van der Waals surface area contributed by atoms with Gasteiger partial charge in [0.25, 0.3) is 0 Å². The first-order valence-electron chi connectivity index (χ1n) is 8.53. The number of amides is 5. The van der Waals surface area contributed by atoms with Crippen molar-refractivity contribution in [1.82, 2.24) is 15.5 Å². The van der Waals surface area contributed by atoms with Crippen molar-refractivity contribution in [3.63, 3.8) is 0 Å². The van der Waals surface area contributed by atoms with Crippen LogP contribution in [-0.4, -0.2) is 55.6 Å². The Morgan fingerprint density at radius 1 is 1.28 bits per heavy atom. The summed E-state index contributed by atoms with van der Waals surface area (Å²) in [5.41, 5.74) is 2.40. The lowest BCUT2D eigenvalue weighted by Gasteiger charge is -2.18. The standard InChI is InChI=1S/C17H23N5O3/c1-12-4-5-13(22-8-2-3-15(22)23)11-14(12)20-16(24)18-6-9-21-10-7-19-17(21)25/h4-5,11H,2-3,6-10H2,1H3,(H,19,25)(H2,18,20,24). The van der Waals surface area contributed by atoms with Gasteiger partial charge >= 0.3 is 12.1 Å². The second-order valence-corrected chi connectivity index (χ2v) is 6.25. The Morgan fingerprint density at radius 3 is 2.80 bits per heavy atom. The average molecular weight is 345 g/mol. The maximum Gasteiger partial charge on any atom is 0.319 e. The van der Waals surface area contributed by atoms with Gasteiger partial charge in [0.1, 0.15) is 0 Å². The molecule has 8 heteroatoms. The molecule has 25 heavy (non-hydrogen) atoms. The average Bonchev–Trinajstić information content (AvgIpc) is 3.18. The molecule has 1 aromatic carbocycles. The van der Waals surface area contributed by atoms with Gasteiger partial charge in [-0.25, -0.2) is 9.59 Å². The van der Waals surface area contributed by atoms with Crippen LogP contribution in [0.1, 0.15) is 18.4 Å². The van der Waals surface area contributed by atoms with Gasteiger partial charge in [-0.2, -0.15) is 0 Å². The van der Waals surface area contributed by atoms with Gasteiger partial charge in [-0.15, -0.1) is 0 Å². The molecule has 2 aliphatic heterocycles. The van der Waals surface area contributed by atoms with Gasteiger partial charge < -0.3 is 25.8 Å². The van der Waals surface area contributed by atoms with Gasteiger partial charge in [0, 0.05) is 50.5 Å². The predicted molar refractivity (Wildman–Crippen MR) is 94.8 cm³/mol. The van der Waals surface area contributed by atoms with Crippen molar-refractivity contribution in [1.29, 1.82) is 0 Å². The third kappa shape index (κ3) is 4.01. The van der Waals surface area contributed by atoms with Crippen LogP contribution < -0.4 is 20.9 Å². The monoisotopic (exact) mass is 345 g/mol. The summed E-state index contributed by atoms with van der Waals surface area (Å²) in [6, 6.07) is 5.19. The molecule has 3 N–H and O–H groups in total.